The fourth-order valence-corrected chi connectivity index (χ4v) is 3.18. The molecule has 3 rings (SSSR count). The molecule has 0 N–H and O–H groups in total. The predicted octanol–water partition coefficient (Wildman–Crippen LogP) is 5.88. The number of aryl methyl sites for hydroxylation is 1. The number of fused-ring (bicyclic) bond motifs is 1. The van der Waals surface area contributed by atoms with Gasteiger partial charge >= 0.3 is 0 Å². The van der Waals surface area contributed by atoms with Gasteiger partial charge in [-0.05, 0) is 65.6 Å². The van der Waals surface area contributed by atoms with E-state index >= 15 is 0 Å². The van der Waals surface area contributed by atoms with Crippen molar-refractivity contribution in [2.24, 2.45) is 0 Å². The summed E-state index contributed by atoms with van der Waals surface area (Å²) < 4.78 is 26.7. The van der Waals surface area contributed by atoms with Gasteiger partial charge in [-0.1, -0.05) is 50.1 Å². The zero-order valence-electron chi connectivity index (χ0n) is 13.5. The molecular weight excluding hydrogens is 290 g/mol. The summed E-state index contributed by atoms with van der Waals surface area (Å²) in [5, 5.41) is 0. The smallest absolute Gasteiger partial charge is 0.159 e. The largest absolute Gasteiger partial charge is 0.204 e. The minimum Gasteiger partial charge on any atom is -0.204 e. The molecule has 0 unspecified atom stereocenters. The fourth-order valence-electron chi connectivity index (χ4n) is 3.18. The number of halogens is 2. The van der Waals surface area contributed by atoms with Crippen LogP contribution in [-0.2, 0) is 19.3 Å². The number of benzene rings is 2. The summed E-state index contributed by atoms with van der Waals surface area (Å²) in [4.78, 5) is 0. The number of hydrogen-bond donors (Lipinski definition) is 0. The Morgan fingerprint density at radius 1 is 0.913 bits per heavy atom. The topological polar surface area (TPSA) is 0 Å². The minimum atomic E-state index is -0.753. The van der Waals surface area contributed by atoms with Crippen LogP contribution in [0.3, 0.4) is 0 Å². The first-order valence-electron chi connectivity index (χ1n) is 8.42. The molecule has 2 aromatic carbocycles. The molecule has 0 saturated heterocycles. The second-order valence-electron chi connectivity index (χ2n) is 6.30. The van der Waals surface area contributed by atoms with E-state index in [9.17, 15) is 8.78 Å². The monoisotopic (exact) mass is 312 g/mol. The minimum absolute atomic E-state index is 0.667. The second kappa shape index (κ2) is 7.08. The molecule has 1 aliphatic carbocycles. The van der Waals surface area contributed by atoms with Gasteiger partial charge in [0.15, 0.2) is 11.6 Å². The standard InChI is InChI=1S/C21H22F2/c1-2-3-4-5-15-6-8-16(9-7-15)17-10-11-18-13-20(22)21(23)14-19(18)12-17/h6-10,13-14H,2-5,11-12H2,1H3. The molecule has 0 fully saturated rings. The first-order valence-corrected chi connectivity index (χ1v) is 8.42. The molecule has 0 aromatic heterocycles. The Hall–Kier alpha value is -1.96. The van der Waals surface area contributed by atoms with Crippen LogP contribution in [0.4, 0.5) is 8.78 Å². The van der Waals surface area contributed by atoms with Gasteiger partial charge in [0, 0.05) is 0 Å². The molecule has 0 amide bonds. The highest BCUT2D eigenvalue weighted by Crippen LogP contribution is 2.29. The van der Waals surface area contributed by atoms with Crippen molar-refractivity contribution >= 4 is 5.57 Å². The van der Waals surface area contributed by atoms with Gasteiger partial charge in [0.1, 0.15) is 0 Å². The summed E-state index contributed by atoms with van der Waals surface area (Å²) in [6.07, 6.45) is 8.33. The number of allylic oxidation sites excluding steroid dienone is 2. The van der Waals surface area contributed by atoms with Crippen LogP contribution in [0.1, 0.15) is 48.4 Å². The lowest BCUT2D eigenvalue weighted by Crippen LogP contribution is -2.05. The Bertz CT molecular complexity index is 711. The van der Waals surface area contributed by atoms with Crippen molar-refractivity contribution in [2.75, 3.05) is 0 Å². The summed E-state index contributed by atoms with van der Waals surface area (Å²) >= 11 is 0. The average Bonchev–Trinajstić information content (AvgIpc) is 2.56. The van der Waals surface area contributed by atoms with Gasteiger partial charge in [-0.25, -0.2) is 8.78 Å². The van der Waals surface area contributed by atoms with Gasteiger partial charge in [0.25, 0.3) is 0 Å². The van der Waals surface area contributed by atoms with E-state index in [1.54, 1.807) is 0 Å². The maximum absolute atomic E-state index is 13.4. The van der Waals surface area contributed by atoms with Crippen LogP contribution in [0, 0.1) is 11.6 Å². The summed E-state index contributed by atoms with van der Waals surface area (Å²) in [5.41, 5.74) is 5.53. The van der Waals surface area contributed by atoms with Crippen molar-refractivity contribution in [3.8, 4) is 0 Å². The molecular formula is C21H22F2. The Morgan fingerprint density at radius 2 is 1.61 bits per heavy atom. The highest BCUT2D eigenvalue weighted by molar-refractivity contribution is 5.70. The zero-order chi connectivity index (χ0) is 16.2. The van der Waals surface area contributed by atoms with E-state index in [0.717, 1.165) is 17.5 Å². The first-order chi connectivity index (χ1) is 11.2. The van der Waals surface area contributed by atoms with Gasteiger partial charge in [-0.2, -0.15) is 0 Å². The maximum Gasteiger partial charge on any atom is 0.159 e. The zero-order valence-corrected chi connectivity index (χ0v) is 13.5. The number of rotatable bonds is 5. The van der Waals surface area contributed by atoms with E-state index < -0.39 is 11.6 Å². The third-order valence-corrected chi connectivity index (χ3v) is 4.59. The molecule has 0 nitrogen and oxygen atoms in total. The molecule has 120 valence electrons. The van der Waals surface area contributed by atoms with Crippen LogP contribution < -0.4 is 0 Å². The van der Waals surface area contributed by atoms with Crippen molar-refractivity contribution in [1.82, 2.24) is 0 Å². The molecule has 0 bridgehead atoms. The fraction of sp³-hybridized carbons (Fsp3) is 0.333. The number of hydrogen-bond acceptors (Lipinski definition) is 0. The Balaban J connectivity index is 1.73. The van der Waals surface area contributed by atoms with E-state index in [1.807, 2.05) is 0 Å². The van der Waals surface area contributed by atoms with E-state index in [0.29, 0.717) is 12.8 Å². The Labute approximate surface area is 136 Å². The van der Waals surface area contributed by atoms with Crippen molar-refractivity contribution in [3.63, 3.8) is 0 Å². The summed E-state index contributed by atoms with van der Waals surface area (Å²) in [6, 6.07) is 11.3. The van der Waals surface area contributed by atoms with Gasteiger partial charge in [0.05, 0.1) is 0 Å². The lowest BCUT2D eigenvalue weighted by atomic mass is 9.87. The Kier molecular flexibility index (Phi) is 4.90. The predicted molar refractivity (Wildman–Crippen MR) is 91.4 cm³/mol. The van der Waals surface area contributed by atoms with Gasteiger partial charge in [0.2, 0.25) is 0 Å². The summed E-state index contributed by atoms with van der Waals surface area (Å²) in [6.45, 7) is 2.21. The van der Waals surface area contributed by atoms with Crippen molar-refractivity contribution in [2.45, 2.75) is 45.4 Å². The number of unbranched alkanes of at least 4 members (excludes halogenated alkanes) is 2. The highest BCUT2D eigenvalue weighted by Gasteiger charge is 2.15. The van der Waals surface area contributed by atoms with Crippen LogP contribution in [0.25, 0.3) is 5.57 Å². The SMILES string of the molecule is CCCCCc1ccc(C2=CCc3cc(F)c(F)cc3C2)cc1. The van der Waals surface area contributed by atoms with Crippen LogP contribution in [-0.4, -0.2) is 0 Å². The molecule has 2 heteroatoms. The lowest BCUT2D eigenvalue weighted by Gasteiger charge is -2.18. The van der Waals surface area contributed by atoms with Crippen molar-refractivity contribution in [3.05, 3.63) is 76.4 Å². The van der Waals surface area contributed by atoms with Crippen LogP contribution in [0.2, 0.25) is 0 Å². The molecule has 2 aromatic rings. The third-order valence-electron chi connectivity index (χ3n) is 4.59. The quantitative estimate of drug-likeness (QED) is 0.605. The van der Waals surface area contributed by atoms with E-state index in [1.165, 1.54) is 48.1 Å². The van der Waals surface area contributed by atoms with Crippen LogP contribution in [0.15, 0.2) is 42.5 Å². The molecule has 0 aliphatic heterocycles. The molecule has 0 radical (unpaired) electrons. The normalized spacial score (nSPS) is 13.6. The molecule has 23 heavy (non-hydrogen) atoms. The van der Waals surface area contributed by atoms with Crippen LogP contribution in [0.5, 0.6) is 0 Å². The van der Waals surface area contributed by atoms with Gasteiger partial charge in [-0.3, -0.25) is 0 Å². The van der Waals surface area contributed by atoms with E-state index in [2.05, 4.69) is 37.3 Å². The molecule has 0 atom stereocenters. The Morgan fingerprint density at radius 3 is 2.30 bits per heavy atom. The van der Waals surface area contributed by atoms with E-state index in [-0.39, 0.29) is 0 Å². The third kappa shape index (κ3) is 3.69. The summed E-state index contributed by atoms with van der Waals surface area (Å²) in [7, 11) is 0. The van der Waals surface area contributed by atoms with Gasteiger partial charge < -0.3 is 0 Å². The lowest BCUT2D eigenvalue weighted by molar-refractivity contribution is 0.506. The first kappa shape index (κ1) is 15.9. The molecule has 0 spiro atoms. The maximum atomic E-state index is 13.4. The van der Waals surface area contributed by atoms with Crippen molar-refractivity contribution < 1.29 is 8.78 Å². The van der Waals surface area contributed by atoms with Crippen molar-refractivity contribution in [1.29, 1.82) is 0 Å². The molecule has 0 heterocycles. The second-order valence-corrected chi connectivity index (χ2v) is 6.30. The highest BCUT2D eigenvalue weighted by atomic mass is 19.2. The van der Waals surface area contributed by atoms with Crippen LogP contribution >= 0.6 is 0 Å². The molecule has 0 saturated carbocycles. The van der Waals surface area contributed by atoms with E-state index in [4.69, 9.17) is 0 Å². The average molecular weight is 312 g/mol. The molecule has 1 aliphatic rings. The van der Waals surface area contributed by atoms with Gasteiger partial charge in [-0.15, -0.1) is 0 Å². The summed E-state index contributed by atoms with van der Waals surface area (Å²) in [5.74, 6) is -1.51.